The van der Waals surface area contributed by atoms with Crippen LogP contribution in [0.4, 0.5) is 29.2 Å². The van der Waals surface area contributed by atoms with Gasteiger partial charge in [-0.3, -0.25) is 0 Å². The van der Waals surface area contributed by atoms with Crippen molar-refractivity contribution in [3.63, 3.8) is 0 Å². The van der Waals surface area contributed by atoms with Crippen molar-refractivity contribution in [3.05, 3.63) is 47.5 Å². The van der Waals surface area contributed by atoms with E-state index >= 15 is 4.39 Å². The Bertz CT molecular complexity index is 1160. The van der Waals surface area contributed by atoms with Crippen molar-refractivity contribution in [2.24, 2.45) is 5.41 Å². The molecule has 198 valence electrons. The second kappa shape index (κ2) is 10.5. The summed E-state index contributed by atoms with van der Waals surface area (Å²) in [5, 5.41) is 2.98. The van der Waals surface area contributed by atoms with Gasteiger partial charge >= 0.3 is 6.18 Å². The van der Waals surface area contributed by atoms with Crippen LogP contribution in [0.25, 0.3) is 0 Å². The van der Waals surface area contributed by atoms with Crippen molar-refractivity contribution in [1.82, 2.24) is 9.97 Å². The molecule has 1 aromatic carbocycles. The lowest BCUT2D eigenvalue weighted by molar-refractivity contribution is -0.137. The summed E-state index contributed by atoms with van der Waals surface area (Å²) in [5.41, 5.74) is -0.861. The molecule has 13 heteroatoms. The quantitative estimate of drug-likeness (QED) is 0.542. The molecule has 0 amide bonds. The number of benzene rings is 1. The van der Waals surface area contributed by atoms with E-state index in [2.05, 4.69) is 15.3 Å². The summed E-state index contributed by atoms with van der Waals surface area (Å²) in [6.45, 7) is 1.72. The van der Waals surface area contributed by atoms with E-state index in [0.29, 0.717) is 38.2 Å². The zero-order valence-electron chi connectivity index (χ0n) is 19.7. The SMILES string of the molecule is CS(=O)(=O)CC1(CNc2ncnc(N3CCOC[C@@H]3c3ccc(C(F)(F)F)cc3)c2F)CCOCC1. The van der Waals surface area contributed by atoms with Crippen LogP contribution in [-0.2, 0) is 25.5 Å². The van der Waals surface area contributed by atoms with E-state index in [1.807, 2.05) is 0 Å². The highest BCUT2D eigenvalue weighted by Crippen LogP contribution is 2.36. The third-order valence-corrected chi connectivity index (χ3v) is 7.68. The molecule has 2 saturated heterocycles. The largest absolute Gasteiger partial charge is 0.416 e. The molecule has 1 atom stereocenters. The lowest BCUT2D eigenvalue weighted by Crippen LogP contribution is -2.42. The number of rotatable bonds is 7. The number of anilines is 2. The van der Waals surface area contributed by atoms with Crippen molar-refractivity contribution in [2.45, 2.75) is 25.1 Å². The predicted molar refractivity (Wildman–Crippen MR) is 125 cm³/mol. The van der Waals surface area contributed by atoms with Crippen LogP contribution < -0.4 is 10.2 Å². The van der Waals surface area contributed by atoms with Gasteiger partial charge in [-0.25, -0.2) is 18.4 Å². The number of ether oxygens (including phenoxy) is 2. The maximum atomic E-state index is 15.6. The Kier molecular flexibility index (Phi) is 7.72. The number of hydrogen-bond acceptors (Lipinski definition) is 8. The molecular formula is C23H28F4N4O4S. The first-order valence-corrected chi connectivity index (χ1v) is 13.5. The van der Waals surface area contributed by atoms with Crippen LogP contribution in [0.2, 0.25) is 0 Å². The maximum Gasteiger partial charge on any atom is 0.416 e. The normalized spacial score (nSPS) is 20.8. The number of hydrogen-bond donors (Lipinski definition) is 1. The zero-order valence-corrected chi connectivity index (χ0v) is 20.5. The molecule has 2 aliphatic heterocycles. The highest BCUT2D eigenvalue weighted by molar-refractivity contribution is 7.90. The Labute approximate surface area is 206 Å². The molecule has 2 fully saturated rings. The minimum absolute atomic E-state index is 0.00941. The van der Waals surface area contributed by atoms with Gasteiger partial charge in [0.25, 0.3) is 0 Å². The van der Waals surface area contributed by atoms with Gasteiger partial charge < -0.3 is 19.7 Å². The van der Waals surface area contributed by atoms with Crippen LogP contribution in [0.15, 0.2) is 30.6 Å². The molecule has 0 radical (unpaired) electrons. The molecule has 0 saturated carbocycles. The Balaban J connectivity index is 1.57. The van der Waals surface area contributed by atoms with Crippen LogP contribution in [-0.4, -0.2) is 69.9 Å². The predicted octanol–water partition coefficient (Wildman–Crippen LogP) is 3.47. The van der Waals surface area contributed by atoms with E-state index in [0.717, 1.165) is 12.1 Å². The standard InChI is InChI=1S/C23H28F4N4O4S/c1-36(32,33)14-22(6-9-34-10-7-22)13-28-20-19(24)21(30-15-29-20)31-8-11-35-12-18(31)16-2-4-17(5-3-16)23(25,26)27/h2-5,15,18H,6-14H2,1H3,(H,28,29,30)/t18-/m1/s1. The summed E-state index contributed by atoms with van der Waals surface area (Å²) < 4.78 is 89.6. The molecule has 4 rings (SSSR count). The number of morpholine rings is 1. The van der Waals surface area contributed by atoms with Crippen molar-refractivity contribution < 1.29 is 35.5 Å². The van der Waals surface area contributed by atoms with E-state index in [1.165, 1.54) is 24.7 Å². The molecule has 0 unspecified atom stereocenters. The van der Waals surface area contributed by atoms with Gasteiger partial charge in [0, 0.05) is 38.0 Å². The fourth-order valence-corrected chi connectivity index (χ4v) is 6.22. The number of nitrogens with zero attached hydrogens (tertiary/aromatic N) is 3. The number of alkyl halides is 3. The second-order valence-corrected chi connectivity index (χ2v) is 11.4. The average molecular weight is 533 g/mol. The minimum Gasteiger partial charge on any atom is -0.381 e. The highest BCUT2D eigenvalue weighted by atomic mass is 32.2. The van der Waals surface area contributed by atoms with Gasteiger partial charge in [0.05, 0.1) is 30.6 Å². The first kappa shape index (κ1) is 26.6. The minimum atomic E-state index is -4.46. The van der Waals surface area contributed by atoms with Crippen LogP contribution in [0, 0.1) is 11.2 Å². The summed E-state index contributed by atoms with van der Waals surface area (Å²) in [5.74, 6) is -0.866. The third kappa shape index (κ3) is 6.24. The van der Waals surface area contributed by atoms with E-state index in [-0.39, 0.29) is 37.1 Å². The van der Waals surface area contributed by atoms with E-state index in [4.69, 9.17) is 9.47 Å². The van der Waals surface area contributed by atoms with Crippen LogP contribution in [0.3, 0.4) is 0 Å². The Morgan fingerprint density at radius 2 is 1.81 bits per heavy atom. The first-order chi connectivity index (χ1) is 17.0. The number of sulfone groups is 1. The fraction of sp³-hybridized carbons (Fsp3) is 0.565. The molecule has 2 aromatic rings. The Morgan fingerprint density at radius 1 is 1.11 bits per heavy atom. The van der Waals surface area contributed by atoms with Crippen LogP contribution in [0.5, 0.6) is 0 Å². The smallest absolute Gasteiger partial charge is 0.381 e. The molecule has 8 nitrogen and oxygen atoms in total. The number of aromatic nitrogens is 2. The molecule has 0 bridgehead atoms. The van der Waals surface area contributed by atoms with E-state index < -0.39 is 38.9 Å². The highest BCUT2D eigenvalue weighted by Gasteiger charge is 2.37. The third-order valence-electron chi connectivity index (χ3n) is 6.55. The summed E-state index contributed by atoms with van der Waals surface area (Å²) in [4.78, 5) is 9.78. The Morgan fingerprint density at radius 3 is 2.44 bits per heavy atom. The van der Waals surface area contributed by atoms with Crippen molar-refractivity contribution in [1.29, 1.82) is 0 Å². The van der Waals surface area contributed by atoms with Crippen molar-refractivity contribution >= 4 is 21.5 Å². The molecule has 2 aliphatic rings. The van der Waals surface area contributed by atoms with Crippen molar-refractivity contribution in [3.8, 4) is 0 Å². The molecule has 0 spiro atoms. The van der Waals surface area contributed by atoms with Gasteiger partial charge in [-0.15, -0.1) is 0 Å². The summed E-state index contributed by atoms with van der Waals surface area (Å²) in [7, 11) is -3.29. The second-order valence-electron chi connectivity index (χ2n) is 9.30. The van der Waals surface area contributed by atoms with E-state index in [9.17, 15) is 21.6 Å². The van der Waals surface area contributed by atoms with Crippen LogP contribution in [0.1, 0.15) is 30.0 Å². The first-order valence-electron chi connectivity index (χ1n) is 11.5. The Hall–Kier alpha value is -2.51. The summed E-state index contributed by atoms with van der Waals surface area (Å²) in [6.07, 6.45) is -1.07. The van der Waals surface area contributed by atoms with Gasteiger partial charge in [0.2, 0.25) is 5.82 Å². The molecule has 0 aliphatic carbocycles. The molecule has 1 aromatic heterocycles. The van der Waals surface area contributed by atoms with Crippen molar-refractivity contribution in [2.75, 3.05) is 61.7 Å². The maximum absolute atomic E-state index is 15.6. The molecule has 1 N–H and O–H groups in total. The number of halogens is 4. The number of nitrogens with one attached hydrogen (secondary N) is 1. The molecule has 36 heavy (non-hydrogen) atoms. The lowest BCUT2D eigenvalue weighted by atomic mass is 9.82. The lowest BCUT2D eigenvalue weighted by Gasteiger charge is -2.38. The van der Waals surface area contributed by atoms with Gasteiger partial charge in [0.15, 0.2) is 11.6 Å². The van der Waals surface area contributed by atoms with Crippen LogP contribution >= 0.6 is 0 Å². The van der Waals surface area contributed by atoms with Gasteiger partial charge in [0.1, 0.15) is 16.2 Å². The topological polar surface area (TPSA) is 93.7 Å². The summed E-state index contributed by atoms with van der Waals surface area (Å²) >= 11 is 0. The van der Waals surface area contributed by atoms with Gasteiger partial charge in [-0.2, -0.15) is 17.6 Å². The fourth-order valence-electron chi connectivity index (χ4n) is 4.72. The summed E-state index contributed by atoms with van der Waals surface area (Å²) in [6, 6.07) is 4.13. The van der Waals surface area contributed by atoms with Gasteiger partial charge in [-0.1, -0.05) is 12.1 Å². The molecular weight excluding hydrogens is 504 g/mol. The zero-order chi connectivity index (χ0) is 26.0. The van der Waals surface area contributed by atoms with E-state index in [1.54, 1.807) is 4.90 Å². The average Bonchev–Trinajstić information content (AvgIpc) is 2.83. The van der Waals surface area contributed by atoms with Gasteiger partial charge in [-0.05, 0) is 30.5 Å². The monoisotopic (exact) mass is 532 g/mol. The molecule has 3 heterocycles.